The van der Waals surface area contributed by atoms with Gasteiger partial charge in [0.2, 0.25) is 0 Å². The van der Waals surface area contributed by atoms with Gasteiger partial charge in [-0.2, -0.15) is 0 Å². The molecule has 1 aliphatic rings. The highest BCUT2D eigenvalue weighted by atomic mass is 15.1. The van der Waals surface area contributed by atoms with Crippen LogP contribution in [0.25, 0.3) is 0 Å². The third-order valence-corrected chi connectivity index (χ3v) is 3.42. The van der Waals surface area contributed by atoms with Crippen molar-refractivity contribution in [2.45, 2.75) is 52.4 Å². The fourth-order valence-electron chi connectivity index (χ4n) is 2.11. The van der Waals surface area contributed by atoms with Crippen LogP contribution in [0.3, 0.4) is 0 Å². The first-order valence-corrected chi connectivity index (χ1v) is 7.29. The fraction of sp³-hybridized carbons (Fsp3) is 1.00. The molecule has 1 N–H and O–H groups in total. The van der Waals surface area contributed by atoms with Crippen molar-refractivity contribution in [3.8, 4) is 0 Å². The molecule has 16 heavy (non-hydrogen) atoms. The molecule has 1 fully saturated rings. The number of hydrogen-bond donors (Lipinski definition) is 1. The molecule has 0 aliphatic heterocycles. The smallest absolute Gasteiger partial charge is 0.000954 e. The van der Waals surface area contributed by atoms with Crippen molar-refractivity contribution in [3.63, 3.8) is 0 Å². The molecule has 0 atom stereocenters. The minimum Gasteiger partial charge on any atom is -0.317 e. The van der Waals surface area contributed by atoms with E-state index in [4.69, 9.17) is 0 Å². The maximum atomic E-state index is 3.47. The monoisotopic (exact) mass is 226 g/mol. The van der Waals surface area contributed by atoms with Crippen molar-refractivity contribution in [2.75, 3.05) is 32.7 Å². The highest BCUT2D eigenvalue weighted by molar-refractivity contribution is 4.76. The van der Waals surface area contributed by atoms with Gasteiger partial charge in [0.15, 0.2) is 0 Å². The summed E-state index contributed by atoms with van der Waals surface area (Å²) in [6.07, 6.45) is 8.34. The Hall–Kier alpha value is -0.0800. The number of unbranched alkanes of at least 4 members (excludes halogenated alkanes) is 2. The highest BCUT2D eigenvalue weighted by Crippen LogP contribution is 2.29. The Morgan fingerprint density at radius 3 is 2.50 bits per heavy atom. The minimum atomic E-state index is 1.05. The fourth-order valence-corrected chi connectivity index (χ4v) is 2.11. The molecule has 96 valence electrons. The number of nitrogens with zero attached hydrogens (tertiary/aromatic N) is 1. The number of nitrogens with one attached hydrogen (secondary N) is 1. The molecule has 1 saturated carbocycles. The van der Waals surface area contributed by atoms with Crippen LogP contribution in [0.5, 0.6) is 0 Å². The second kappa shape index (κ2) is 9.00. The summed E-state index contributed by atoms with van der Waals surface area (Å²) in [5.74, 6) is 1.05. The van der Waals surface area contributed by atoms with Gasteiger partial charge in [0, 0.05) is 6.54 Å². The largest absolute Gasteiger partial charge is 0.317 e. The zero-order valence-corrected chi connectivity index (χ0v) is 11.3. The molecule has 2 heteroatoms. The third kappa shape index (κ3) is 7.24. The molecular weight excluding hydrogens is 196 g/mol. The van der Waals surface area contributed by atoms with E-state index in [0.717, 1.165) is 5.92 Å². The molecule has 0 spiro atoms. The van der Waals surface area contributed by atoms with Gasteiger partial charge in [0.25, 0.3) is 0 Å². The summed E-state index contributed by atoms with van der Waals surface area (Å²) in [5, 5.41) is 3.47. The van der Waals surface area contributed by atoms with Gasteiger partial charge in [0.05, 0.1) is 0 Å². The molecule has 0 aromatic carbocycles. The minimum absolute atomic E-state index is 1.05. The lowest BCUT2D eigenvalue weighted by molar-refractivity contribution is 0.270. The van der Waals surface area contributed by atoms with Crippen molar-refractivity contribution in [2.24, 2.45) is 5.92 Å². The number of hydrogen-bond acceptors (Lipinski definition) is 2. The predicted molar refractivity (Wildman–Crippen MR) is 71.8 cm³/mol. The SMILES string of the molecule is CCCNCCCCCN(CC)CC1CC1. The Labute approximate surface area is 102 Å². The molecule has 2 nitrogen and oxygen atoms in total. The lowest BCUT2D eigenvalue weighted by Gasteiger charge is -2.19. The van der Waals surface area contributed by atoms with E-state index in [1.165, 1.54) is 71.2 Å². The van der Waals surface area contributed by atoms with Gasteiger partial charge in [-0.25, -0.2) is 0 Å². The summed E-state index contributed by atoms with van der Waals surface area (Å²) in [6, 6.07) is 0. The van der Waals surface area contributed by atoms with E-state index in [1.807, 2.05) is 0 Å². The van der Waals surface area contributed by atoms with Crippen LogP contribution in [-0.2, 0) is 0 Å². The molecule has 0 aromatic rings. The Balaban J connectivity index is 1.84. The standard InChI is InChI=1S/C14H30N2/c1-3-10-15-11-6-5-7-12-16(4-2)13-14-8-9-14/h14-15H,3-13H2,1-2H3. The van der Waals surface area contributed by atoms with Gasteiger partial charge < -0.3 is 10.2 Å². The maximum Gasteiger partial charge on any atom is 0.000954 e. The Morgan fingerprint density at radius 1 is 1.06 bits per heavy atom. The summed E-state index contributed by atoms with van der Waals surface area (Å²) in [7, 11) is 0. The summed E-state index contributed by atoms with van der Waals surface area (Å²) in [4.78, 5) is 2.64. The lowest BCUT2D eigenvalue weighted by atomic mass is 10.2. The van der Waals surface area contributed by atoms with Crippen LogP contribution in [-0.4, -0.2) is 37.6 Å². The van der Waals surface area contributed by atoms with Gasteiger partial charge in [-0.1, -0.05) is 20.3 Å². The first-order valence-electron chi connectivity index (χ1n) is 7.29. The molecule has 0 amide bonds. The first kappa shape index (κ1) is 14.0. The van der Waals surface area contributed by atoms with Crippen molar-refractivity contribution < 1.29 is 0 Å². The quantitative estimate of drug-likeness (QED) is 0.545. The molecule has 0 saturated heterocycles. The van der Waals surface area contributed by atoms with Crippen LogP contribution < -0.4 is 5.32 Å². The zero-order chi connectivity index (χ0) is 11.6. The van der Waals surface area contributed by atoms with Crippen LogP contribution in [0, 0.1) is 5.92 Å². The van der Waals surface area contributed by atoms with Gasteiger partial charge in [-0.3, -0.25) is 0 Å². The molecule has 1 aliphatic carbocycles. The van der Waals surface area contributed by atoms with Gasteiger partial charge in [-0.15, -0.1) is 0 Å². The average Bonchev–Trinajstić information content (AvgIpc) is 3.10. The zero-order valence-electron chi connectivity index (χ0n) is 11.3. The van der Waals surface area contributed by atoms with Crippen molar-refractivity contribution in [3.05, 3.63) is 0 Å². The third-order valence-electron chi connectivity index (χ3n) is 3.42. The van der Waals surface area contributed by atoms with E-state index >= 15 is 0 Å². The second-order valence-electron chi connectivity index (χ2n) is 5.15. The van der Waals surface area contributed by atoms with Gasteiger partial charge >= 0.3 is 0 Å². The topological polar surface area (TPSA) is 15.3 Å². The van der Waals surface area contributed by atoms with Crippen molar-refractivity contribution in [1.82, 2.24) is 10.2 Å². The second-order valence-corrected chi connectivity index (χ2v) is 5.15. The van der Waals surface area contributed by atoms with Crippen LogP contribution in [0.15, 0.2) is 0 Å². The average molecular weight is 226 g/mol. The molecule has 1 rings (SSSR count). The summed E-state index contributed by atoms with van der Waals surface area (Å²) in [6.45, 7) is 10.8. The molecule has 0 radical (unpaired) electrons. The lowest BCUT2D eigenvalue weighted by Crippen LogP contribution is -2.27. The van der Waals surface area contributed by atoms with Crippen LogP contribution in [0.2, 0.25) is 0 Å². The van der Waals surface area contributed by atoms with E-state index in [-0.39, 0.29) is 0 Å². The van der Waals surface area contributed by atoms with Crippen LogP contribution in [0.1, 0.15) is 52.4 Å². The van der Waals surface area contributed by atoms with Crippen LogP contribution >= 0.6 is 0 Å². The molecular formula is C14H30N2. The predicted octanol–water partition coefficient (Wildman–Crippen LogP) is 2.89. The van der Waals surface area contributed by atoms with E-state index in [0.29, 0.717) is 0 Å². The van der Waals surface area contributed by atoms with Crippen LogP contribution in [0.4, 0.5) is 0 Å². The molecule has 0 aromatic heterocycles. The molecule has 0 bridgehead atoms. The normalized spacial score (nSPS) is 15.9. The van der Waals surface area contributed by atoms with Gasteiger partial charge in [-0.05, 0) is 64.2 Å². The van der Waals surface area contributed by atoms with Crippen molar-refractivity contribution >= 4 is 0 Å². The highest BCUT2D eigenvalue weighted by Gasteiger charge is 2.23. The first-order chi connectivity index (χ1) is 7.86. The van der Waals surface area contributed by atoms with Crippen molar-refractivity contribution in [1.29, 1.82) is 0 Å². The number of rotatable bonds is 11. The van der Waals surface area contributed by atoms with E-state index < -0.39 is 0 Å². The van der Waals surface area contributed by atoms with E-state index in [2.05, 4.69) is 24.1 Å². The Morgan fingerprint density at radius 2 is 1.88 bits per heavy atom. The Bertz CT molecular complexity index is 155. The maximum absolute atomic E-state index is 3.47. The summed E-state index contributed by atoms with van der Waals surface area (Å²) >= 11 is 0. The van der Waals surface area contributed by atoms with E-state index in [1.54, 1.807) is 0 Å². The summed E-state index contributed by atoms with van der Waals surface area (Å²) < 4.78 is 0. The molecule has 0 unspecified atom stereocenters. The molecule has 0 heterocycles. The summed E-state index contributed by atoms with van der Waals surface area (Å²) in [5.41, 5.74) is 0. The van der Waals surface area contributed by atoms with Gasteiger partial charge in [0.1, 0.15) is 0 Å². The van der Waals surface area contributed by atoms with E-state index in [9.17, 15) is 0 Å². The Kier molecular flexibility index (Phi) is 7.87.